The lowest BCUT2D eigenvalue weighted by atomic mass is 9.95. The van der Waals surface area contributed by atoms with Crippen LogP contribution in [-0.4, -0.2) is 31.2 Å². The minimum absolute atomic E-state index is 0.355. The monoisotopic (exact) mass is 281 g/mol. The maximum atomic E-state index is 12.0. The topological polar surface area (TPSA) is 84.9 Å². The molecule has 0 aliphatic carbocycles. The molecular weight excluding hydrogens is 262 g/mol. The summed E-state index contributed by atoms with van der Waals surface area (Å²) in [5, 5.41) is 11.6. The zero-order chi connectivity index (χ0) is 15.3. The van der Waals surface area contributed by atoms with Gasteiger partial charge in [-0.05, 0) is 12.1 Å². The Morgan fingerprint density at radius 3 is 2.20 bits per heavy atom. The molecule has 2 unspecified atom stereocenters. The zero-order valence-electron chi connectivity index (χ0n) is 12.0. The Balaban J connectivity index is 2.83. The third kappa shape index (κ3) is 3.63. The molecule has 6 heteroatoms. The number of nitrogens with one attached hydrogen (secondary N) is 1. The van der Waals surface area contributed by atoms with Gasteiger partial charge in [-0.15, -0.1) is 0 Å². The van der Waals surface area contributed by atoms with Gasteiger partial charge in [0.1, 0.15) is 0 Å². The molecule has 0 bridgehead atoms. The van der Waals surface area contributed by atoms with E-state index in [9.17, 15) is 9.59 Å². The first-order valence-electron chi connectivity index (χ1n) is 6.16. The Bertz CT molecular complexity index is 500. The van der Waals surface area contributed by atoms with Crippen LogP contribution in [0.4, 0.5) is 5.69 Å². The number of benzene rings is 1. The van der Waals surface area contributed by atoms with Crippen molar-refractivity contribution in [2.45, 2.75) is 13.8 Å². The minimum Gasteiger partial charge on any atom is -0.493 e. The molecular formula is C14H19NO5. The van der Waals surface area contributed by atoms with Gasteiger partial charge in [0.05, 0.1) is 20.1 Å². The van der Waals surface area contributed by atoms with E-state index in [1.54, 1.807) is 25.1 Å². The summed E-state index contributed by atoms with van der Waals surface area (Å²) in [5.41, 5.74) is 0.525. The van der Waals surface area contributed by atoms with E-state index in [1.165, 1.54) is 21.1 Å². The fourth-order valence-corrected chi connectivity index (χ4v) is 1.61. The highest BCUT2D eigenvalue weighted by Crippen LogP contribution is 2.30. The van der Waals surface area contributed by atoms with E-state index in [2.05, 4.69) is 5.32 Å². The minimum atomic E-state index is -1.00. The second-order valence-electron chi connectivity index (χ2n) is 4.47. The first kappa shape index (κ1) is 15.8. The van der Waals surface area contributed by atoms with Gasteiger partial charge in [0.25, 0.3) is 0 Å². The van der Waals surface area contributed by atoms with Gasteiger partial charge in [0.2, 0.25) is 5.91 Å². The zero-order valence-corrected chi connectivity index (χ0v) is 12.0. The van der Waals surface area contributed by atoms with Crippen molar-refractivity contribution in [1.29, 1.82) is 0 Å². The SMILES string of the molecule is COc1ccc(NC(=O)C(C)C(C)C(=O)O)cc1OC. The molecule has 110 valence electrons. The van der Waals surface area contributed by atoms with Crippen molar-refractivity contribution >= 4 is 17.6 Å². The van der Waals surface area contributed by atoms with Crippen molar-refractivity contribution in [2.75, 3.05) is 19.5 Å². The average Bonchev–Trinajstić information content (AvgIpc) is 2.45. The van der Waals surface area contributed by atoms with Crippen molar-refractivity contribution in [1.82, 2.24) is 0 Å². The quantitative estimate of drug-likeness (QED) is 0.833. The van der Waals surface area contributed by atoms with E-state index in [1.807, 2.05) is 0 Å². The van der Waals surface area contributed by atoms with E-state index >= 15 is 0 Å². The molecule has 0 fully saturated rings. The Hall–Kier alpha value is -2.24. The number of rotatable bonds is 6. The predicted molar refractivity (Wildman–Crippen MR) is 74.1 cm³/mol. The van der Waals surface area contributed by atoms with Crippen LogP contribution < -0.4 is 14.8 Å². The molecule has 1 aromatic carbocycles. The molecule has 0 saturated heterocycles. The smallest absolute Gasteiger partial charge is 0.307 e. The number of anilines is 1. The molecule has 1 amide bonds. The third-order valence-electron chi connectivity index (χ3n) is 3.20. The lowest BCUT2D eigenvalue weighted by Gasteiger charge is -2.16. The number of aliphatic carboxylic acids is 1. The lowest BCUT2D eigenvalue weighted by Crippen LogP contribution is -2.29. The molecule has 0 aliphatic heterocycles. The summed E-state index contributed by atoms with van der Waals surface area (Å²) < 4.78 is 10.2. The van der Waals surface area contributed by atoms with Crippen LogP contribution >= 0.6 is 0 Å². The molecule has 0 aromatic heterocycles. The molecule has 2 atom stereocenters. The second kappa shape index (κ2) is 6.79. The molecule has 0 radical (unpaired) electrons. The van der Waals surface area contributed by atoms with Crippen LogP contribution in [0.1, 0.15) is 13.8 Å². The highest BCUT2D eigenvalue weighted by molar-refractivity contribution is 5.95. The first-order chi connectivity index (χ1) is 9.40. The summed E-state index contributed by atoms with van der Waals surface area (Å²) in [6, 6.07) is 4.95. The molecule has 0 spiro atoms. The molecule has 6 nitrogen and oxygen atoms in total. The van der Waals surface area contributed by atoms with Crippen molar-refractivity contribution in [2.24, 2.45) is 11.8 Å². The molecule has 1 aromatic rings. The maximum Gasteiger partial charge on any atom is 0.307 e. The van der Waals surface area contributed by atoms with E-state index in [4.69, 9.17) is 14.6 Å². The molecule has 2 N–H and O–H groups in total. The number of ether oxygens (including phenoxy) is 2. The fraction of sp³-hybridized carbons (Fsp3) is 0.429. The van der Waals surface area contributed by atoms with Crippen LogP contribution in [0.2, 0.25) is 0 Å². The van der Waals surface area contributed by atoms with E-state index in [0.29, 0.717) is 17.2 Å². The number of hydrogen-bond donors (Lipinski definition) is 2. The van der Waals surface area contributed by atoms with Crippen molar-refractivity contribution in [3.05, 3.63) is 18.2 Å². The molecule has 20 heavy (non-hydrogen) atoms. The Labute approximate surface area is 117 Å². The van der Waals surface area contributed by atoms with E-state index < -0.39 is 17.8 Å². The molecule has 0 saturated carbocycles. The third-order valence-corrected chi connectivity index (χ3v) is 3.20. The lowest BCUT2D eigenvalue weighted by molar-refractivity contribution is -0.145. The number of methoxy groups -OCH3 is 2. The van der Waals surface area contributed by atoms with Crippen LogP contribution in [0.5, 0.6) is 11.5 Å². The summed E-state index contributed by atoms with van der Waals surface area (Å²) in [7, 11) is 3.02. The predicted octanol–water partition coefficient (Wildman–Crippen LogP) is 2.00. The number of amides is 1. The number of carboxylic acid groups (broad SMARTS) is 1. The second-order valence-corrected chi connectivity index (χ2v) is 4.47. The van der Waals surface area contributed by atoms with Crippen LogP contribution in [0.25, 0.3) is 0 Å². The Morgan fingerprint density at radius 2 is 1.70 bits per heavy atom. The summed E-state index contributed by atoms with van der Waals surface area (Å²) in [5.74, 6) is -1.70. The van der Waals surface area contributed by atoms with E-state index in [0.717, 1.165) is 0 Å². The number of hydrogen-bond acceptors (Lipinski definition) is 4. The van der Waals surface area contributed by atoms with Gasteiger partial charge >= 0.3 is 5.97 Å². The summed E-state index contributed by atoms with van der Waals surface area (Å²) in [6.07, 6.45) is 0. The molecule has 0 heterocycles. The fourth-order valence-electron chi connectivity index (χ4n) is 1.61. The normalized spacial score (nSPS) is 13.2. The number of carbonyl (C=O) groups is 2. The number of carboxylic acids is 1. The van der Waals surface area contributed by atoms with Gasteiger partial charge in [0, 0.05) is 17.7 Å². The molecule has 0 aliphatic rings. The van der Waals surface area contributed by atoms with Crippen LogP contribution in [0.15, 0.2) is 18.2 Å². The van der Waals surface area contributed by atoms with Gasteiger partial charge in [0.15, 0.2) is 11.5 Å². The van der Waals surface area contributed by atoms with Crippen molar-refractivity contribution < 1.29 is 24.2 Å². The summed E-state index contributed by atoms with van der Waals surface area (Å²) in [6.45, 7) is 3.08. The summed E-state index contributed by atoms with van der Waals surface area (Å²) >= 11 is 0. The van der Waals surface area contributed by atoms with Gasteiger partial charge in [-0.1, -0.05) is 13.8 Å². The largest absolute Gasteiger partial charge is 0.493 e. The van der Waals surface area contributed by atoms with E-state index in [-0.39, 0.29) is 5.91 Å². The first-order valence-corrected chi connectivity index (χ1v) is 6.16. The Kier molecular flexibility index (Phi) is 5.37. The van der Waals surface area contributed by atoms with Crippen molar-refractivity contribution in [3.8, 4) is 11.5 Å². The van der Waals surface area contributed by atoms with Gasteiger partial charge < -0.3 is 19.9 Å². The highest BCUT2D eigenvalue weighted by Gasteiger charge is 2.25. The van der Waals surface area contributed by atoms with Crippen LogP contribution in [0, 0.1) is 11.8 Å². The van der Waals surface area contributed by atoms with Crippen LogP contribution in [0.3, 0.4) is 0 Å². The van der Waals surface area contributed by atoms with Crippen LogP contribution in [-0.2, 0) is 9.59 Å². The van der Waals surface area contributed by atoms with Gasteiger partial charge in [-0.2, -0.15) is 0 Å². The standard InChI is InChI=1S/C14H19NO5/c1-8(9(2)14(17)18)13(16)15-10-5-6-11(19-3)12(7-10)20-4/h5-9H,1-4H3,(H,15,16)(H,17,18). The Morgan fingerprint density at radius 1 is 1.10 bits per heavy atom. The van der Waals surface area contributed by atoms with Gasteiger partial charge in [-0.3, -0.25) is 9.59 Å². The van der Waals surface area contributed by atoms with Gasteiger partial charge in [-0.25, -0.2) is 0 Å². The van der Waals surface area contributed by atoms with Crippen molar-refractivity contribution in [3.63, 3.8) is 0 Å². The molecule has 1 rings (SSSR count). The highest BCUT2D eigenvalue weighted by atomic mass is 16.5. The maximum absolute atomic E-state index is 12.0. The average molecular weight is 281 g/mol. The number of carbonyl (C=O) groups excluding carboxylic acids is 1. The summed E-state index contributed by atoms with van der Waals surface area (Å²) in [4.78, 5) is 22.8.